The number of nitrogens with two attached hydrogens (primary N) is 1. The molecule has 5 nitrogen and oxygen atoms in total. The van der Waals surface area contributed by atoms with E-state index >= 15 is 0 Å². The Kier molecular flexibility index (Phi) is 5.61. The van der Waals surface area contributed by atoms with Crippen LogP contribution >= 0.6 is 0 Å². The molecule has 1 aliphatic heterocycles. The van der Waals surface area contributed by atoms with Crippen molar-refractivity contribution in [1.82, 2.24) is 4.90 Å². The summed E-state index contributed by atoms with van der Waals surface area (Å²) in [5.74, 6) is 0.341. The van der Waals surface area contributed by atoms with Crippen LogP contribution in [0.15, 0.2) is 42.5 Å². The molecule has 0 aliphatic carbocycles. The molecule has 0 radical (unpaired) electrons. The highest BCUT2D eigenvalue weighted by atomic mass is 19.1. The van der Waals surface area contributed by atoms with Crippen molar-refractivity contribution in [3.63, 3.8) is 0 Å². The highest BCUT2D eigenvalue weighted by Crippen LogP contribution is 2.24. The molecule has 1 fully saturated rings. The molecule has 2 aromatic rings. The van der Waals surface area contributed by atoms with Gasteiger partial charge in [0.25, 0.3) is 5.91 Å². The number of nitrogens with zero attached hydrogens (tertiary/aromatic N) is 2. The predicted molar refractivity (Wildman–Crippen MR) is 101 cm³/mol. The number of amides is 1. The normalized spacial score (nSPS) is 14.4. The molecule has 1 aliphatic rings. The van der Waals surface area contributed by atoms with Crippen LogP contribution in [0, 0.1) is 5.82 Å². The van der Waals surface area contributed by atoms with E-state index in [0.29, 0.717) is 49.8 Å². The Morgan fingerprint density at radius 1 is 1.12 bits per heavy atom. The molecular weight excluding hydrogens is 333 g/mol. The minimum atomic E-state index is -0.244. The van der Waals surface area contributed by atoms with Crippen molar-refractivity contribution in [2.24, 2.45) is 0 Å². The molecule has 2 N–H and O–H groups in total. The van der Waals surface area contributed by atoms with Crippen LogP contribution in [0.25, 0.3) is 0 Å². The van der Waals surface area contributed by atoms with Gasteiger partial charge in [-0.3, -0.25) is 4.79 Å². The first-order valence-electron chi connectivity index (χ1n) is 8.90. The van der Waals surface area contributed by atoms with Gasteiger partial charge in [0.15, 0.2) is 0 Å². The summed E-state index contributed by atoms with van der Waals surface area (Å²) in [6, 6.07) is 11.6. The lowest BCUT2D eigenvalue weighted by Gasteiger charge is -2.36. The monoisotopic (exact) mass is 357 g/mol. The first kappa shape index (κ1) is 18.0. The lowest BCUT2D eigenvalue weighted by molar-refractivity contribution is 0.0747. The highest BCUT2D eigenvalue weighted by Gasteiger charge is 2.23. The van der Waals surface area contributed by atoms with E-state index < -0.39 is 0 Å². The van der Waals surface area contributed by atoms with E-state index in [1.165, 1.54) is 12.1 Å². The summed E-state index contributed by atoms with van der Waals surface area (Å²) >= 11 is 0. The number of hydrogen-bond donors (Lipinski definition) is 1. The van der Waals surface area contributed by atoms with Crippen LogP contribution in [0.2, 0.25) is 0 Å². The van der Waals surface area contributed by atoms with Gasteiger partial charge in [0.05, 0.1) is 12.3 Å². The van der Waals surface area contributed by atoms with Crippen molar-refractivity contribution in [2.45, 2.75) is 13.3 Å². The fourth-order valence-corrected chi connectivity index (χ4v) is 3.03. The molecule has 0 unspecified atom stereocenters. The van der Waals surface area contributed by atoms with E-state index in [1.807, 2.05) is 11.8 Å². The Morgan fingerprint density at radius 2 is 1.81 bits per heavy atom. The van der Waals surface area contributed by atoms with Crippen LogP contribution in [0.5, 0.6) is 5.75 Å². The highest BCUT2D eigenvalue weighted by molar-refractivity contribution is 5.95. The second kappa shape index (κ2) is 8.08. The number of rotatable bonds is 5. The van der Waals surface area contributed by atoms with Crippen LogP contribution in [0.3, 0.4) is 0 Å². The van der Waals surface area contributed by atoms with E-state index in [9.17, 15) is 9.18 Å². The van der Waals surface area contributed by atoms with E-state index in [1.54, 1.807) is 30.3 Å². The van der Waals surface area contributed by atoms with E-state index in [-0.39, 0.29) is 11.7 Å². The lowest BCUT2D eigenvalue weighted by Crippen LogP contribution is -2.48. The number of carbonyl (C=O) groups is 1. The predicted octanol–water partition coefficient (Wildman–Crippen LogP) is 3.16. The van der Waals surface area contributed by atoms with Crippen molar-refractivity contribution < 1.29 is 13.9 Å². The van der Waals surface area contributed by atoms with Crippen molar-refractivity contribution in [2.75, 3.05) is 43.4 Å². The number of benzene rings is 2. The van der Waals surface area contributed by atoms with E-state index in [4.69, 9.17) is 10.5 Å². The zero-order valence-electron chi connectivity index (χ0n) is 15.0. The Balaban J connectivity index is 1.61. The largest absolute Gasteiger partial charge is 0.491 e. The minimum absolute atomic E-state index is 0.0301. The number of anilines is 2. The summed E-state index contributed by atoms with van der Waals surface area (Å²) < 4.78 is 18.6. The van der Waals surface area contributed by atoms with Gasteiger partial charge in [-0.1, -0.05) is 6.92 Å². The summed E-state index contributed by atoms with van der Waals surface area (Å²) in [5, 5.41) is 0. The molecule has 0 atom stereocenters. The standard InChI is InChI=1S/C20H24FN3O2/c1-2-13-26-19-8-3-15(14-18(19)22)20(25)24-11-9-23(10-12-24)17-6-4-16(21)5-7-17/h3-8,14H,2,9-13,22H2,1H3. The summed E-state index contributed by atoms with van der Waals surface area (Å²) in [4.78, 5) is 16.7. The summed E-state index contributed by atoms with van der Waals surface area (Å²) in [7, 11) is 0. The topological polar surface area (TPSA) is 58.8 Å². The molecular formula is C20H24FN3O2. The Morgan fingerprint density at radius 3 is 2.42 bits per heavy atom. The van der Waals surface area contributed by atoms with Gasteiger partial charge in [0.2, 0.25) is 0 Å². The van der Waals surface area contributed by atoms with Gasteiger partial charge < -0.3 is 20.3 Å². The molecule has 2 aromatic carbocycles. The molecule has 1 heterocycles. The Labute approximate surface area is 153 Å². The molecule has 0 saturated carbocycles. The number of hydrogen-bond acceptors (Lipinski definition) is 4. The fraction of sp³-hybridized carbons (Fsp3) is 0.350. The molecule has 1 saturated heterocycles. The third-order valence-electron chi connectivity index (χ3n) is 4.48. The summed E-state index contributed by atoms with van der Waals surface area (Å²) in [5.41, 5.74) is 8.03. The second-order valence-corrected chi connectivity index (χ2v) is 6.36. The summed E-state index contributed by atoms with van der Waals surface area (Å²) in [6.07, 6.45) is 0.901. The van der Waals surface area contributed by atoms with Crippen LogP contribution in [0.1, 0.15) is 23.7 Å². The van der Waals surface area contributed by atoms with Crippen molar-refractivity contribution in [3.05, 3.63) is 53.8 Å². The molecule has 0 bridgehead atoms. The summed E-state index contributed by atoms with van der Waals surface area (Å²) in [6.45, 7) is 5.28. The average molecular weight is 357 g/mol. The van der Waals surface area contributed by atoms with Crippen molar-refractivity contribution in [3.8, 4) is 5.75 Å². The van der Waals surface area contributed by atoms with Crippen molar-refractivity contribution in [1.29, 1.82) is 0 Å². The minimum Gasteiger partial charge on any atom is -0.491 e. The maximum atomic E-state index is 13.0. The SMILES string of the molecule is CCCOc1ccc(C(=O)N2CCN(c3ccc(F)cc3)CC2)cc1N. The number of nitrogen functional groups attached to an aromatic ring is 1. The Bertz CT molecular complexity index is 756. The molecule has 1 amide bonds. The zero-order valence-corrected chi connectivity index (χ0v) is 15.0. The molecule has 26 heavy (non-hydrogen) atoms. The fourth-order valence-electron chi connectivity index (χ4n) is 3.03. The van der Waals surface area contributed by atoms with Gasteiger partial charge in [-0.05, 0) is 48.9 Å². The third kappa shape index (κ3) is 4.07. The van der Waals surface area contributed by atoms with Gasteiger partial charge in [0.1, 0.15) is 11.6 Å². The smallest absolute Gasteiger partial charge is 0.254 e. The zero-order chi connectivity index (χ0) is 18.5. The average Bonchev–Trinajstić information content (AvgIpc) is 2.67. The van der Waals surface area contributed by atoms with Crippen molar-refractivity contribution >= 4 is 17.3 Å². The van der Waals surface area contributed by atoms with Crippen LogP contribution in [-0.4, -0.2) is 43.6 Å². The van der Waals surface area contributed by atoms with Gasteiger partial charge in [-0.25, -0.2) is 4.39 Å². The number of carbonyl (C=O) groups excluding carboxylic acids is 1. The number of ether oxygens (including phenoxy) is 1. The molecule has 6 heteroatoms. The maximum Gasteiger partial charge on any atom is 0.254 e. The van der Waals surface area contributed by atoms with Crippen LogP contribution < -0.4 is 15.4 Å². The molecule has 138 valence electrons. The van der Waals surface area contributed by atoms with Gasteiger partial charge in [0, 0.05) is 37.4 Å². The lowest BCUT2D eigenvalue weighted by atomic mass is 10.1. The number of piperazine rings is 1. The Hall–Kier alpha value is -2.76. The molecule has 0 spiro atoms. The van der Waals surface area contributed by atoms with E-state index in [0.717, 1.165) is 12.1 Å². The molecule has 3 rings (SSSR count). The molecule has 0 aromatic heterocycles. The second-order valence-electron chi connectivity index (χ2n) is 6.36. The first-order valence-corrected chi connectivity index (χ1v) is 8.90. The maximum absolute atomic E-state index is 13.0. The van der Waals surface area contributed by atoms with E-state index in [2.05, 4.69) is 4.90 Å². The van der Waals surface area contributed by atoms with Gasteiger partial charge >= 0.3 is 0 Å². The van der Waals surface area contributed by atoms with Crippen LogP contribution in [-0.2, 0) is 0 Å². The quantitative estimate of drug-likeness (QED) is 0.835. The van der Waals surface area contributed by atoms with Crippen LogP contribution in [0.4, 0.5) is 15.8 Å². The third-order valence-corrected chi connectivity index (χ3v) is 4.48. The number of halogens is 1. The first-order chi connectivity index (χ1) is 12.6. The van der Waals surface area contributed by atoms with Gasteiger partial charge in [-0.15, -0.1) is 0 Å². The van der Waals surface area contributed by atoms with Gasteiger partial charge in [-0.2, -0.15) is 0 Å².